The van der Waals surface area contributed by atoms with Crippen LogP contribution >= 0.6 is 0 Å². The van der Waals surface area contributed by atoms with Gasteiger partial charge in [-0.15, -0.1) is 0 Å². The van der Waals surface area contributed by atoms with Crippen molar-refractivity contribution in [2.75, 3.05) is 13.6 Å². The summed E-state index contributed by atoms with van der Waals surface area (Å²) in [7, 11) is 1.21. The molecule has 7 nitrogen and oxygen atoms in total. The van der Waals surface area contributed by atoms with Gasteiger partial charge in [0.1, 0.15) is 6.54 Å². The van der Waals surface area contributed by atoms with Crippen LogP contribution in [0.2, 0.25) is 0 Å². The van der Waals surface area contributed by atoms with Gasteiger partial charge in [0.25, 0.3) is 0 Å². The van der Waals surface area contributed by atoms with Crippen LogP contribution in [0.4, 0.5) is 4.79 Å². The molecule has 0 radical (unpaired) electrons. The van der Waals surface area contributed by atoms with E-state index in [0.29, 0.717) is 9.80 Å². The van der Waals surface area contributed by atoms with Crippen LogP contribution < -0.4 is 5.32 Å². The van der Waals surface area contributed by atoms with Gasteiger partial charge in [0.15, 0.2) is 0 Å². The van der Waals surface area contributed by atoms with Crippen molar-refractivity contribution in [3.8, 4) is 0 Å². The van der Waals surface area contributed by atoms with E-state index in [2.05, 4.69) is 5.32 Å². The maximum atomic E-state index is 12.2. The molecular formula is C16H19N3O4. The Morgan fingerprint density at radius 1 is 1.13 bits per heavy atom. The van der Waals surface area contributed by atoms with Crippen molar-refractivity contribution in [1.29, 1.82) is 0 Å². The molecule has 1 aromatic rings. The van der Waals surface area contributed by atoms with E-state index in [4.69, 9.17) is 0 Å². The Labute approximate surface area is 134 Å². The number of amides is 5. The van der Waals surface area contributed by atoms with Crippen LogP contribution in [0.15, 0.2) is 30.3 Å². The molecule has 2 rings (SSSR count). The average Bonchev–Trinajstić information content (AvgIpc) is 2.73. The highest BCUT2D eigenvalue weighted by molar-refractivity contribution is 6.44. The summed E-state index contributed by atoms with van der Waals surface area (Å²) in [6.45, 7) is 1.55. The minimum Gasteiger partial charge on any atom is -0.348 e. The number of imide groups is 2. The Morgan fingerprint density at radius 2 is 1.78 bits per heavy atom. The fourth-order valence-corrected chi connectivity index (χ4v) is 2.43. The Kier molecular flexibility index (Phi) is 5.10. The van der Waals surface area contributed by atoms with E-state index in [9.17, 15) is 19.2 Å². The topological polar surface area (TPSA) is 86.8 Å². The van der Waals surface area contributed by atoms with Gasteiger partial charge >= 0.3 is 17.8 Å². The summed E-state index contributed by atoms with van der Waals surface area (Å²) in [6, 6.07) is 8.49. The van der Waals surface area contributed by atoms with Crippen molar-refractivity contribution in [1.82, 2.24) is 15.1 Å². The van der Waals surface area contributed by atoms with Gasteiger partial charge < -0.3 is 5.32 Å². The lowest BCUT2D eigenvalue weighted by Crippen LogP contribution is -2.42. The van der Waals surface area contributed by atoms with E-state index in [1.165, 1.54) is 7.05 Å². The van der Waals surface area contributed by atoms with Crippen molar-refractivity contribution in [2.45, 2.75) is 25.8 Å². The Morgan fingerprint density at radius 3 is 2.30 bits per heavy atom. The molecule has 1 atom stereocenters. The minimum atomic E-state index is -0.973. The molecule has 7 heteroatoms. The van der Waals surface area contributed by atoms with E-state index in [1.54, 1.807) is 0 Å². The normalized spacial score (nSPS) is 16.0. The van der Waals surface area contributed by atoms with Gasteiger partial charge in [-0.05, 0) is 12.0 Å². The van der Waals surface area contributed by atoms with Crippen LogP contribution in [0.25, 0.3) is 0 Å². The molecule has 0 aliphatic carbocycles. The lowest BCUT2D eigenvalue weighted by molar-refractivity contribution is -0.143. The fraction of sp³-hybridized carbons (Fsp3) is 0.375. The third kappa shape index (κ3) is 3.56. The largest absolute Gasteiger partial charge is 0.348 e. The molecule has 1 fully saturated rings. The molecule has 0 aromatic heterocycles. The highest BCUT2D eigenvalue weighted by atomic mass is 16.2. The molecule has 0 spiro atoms. The predicted molar refractivity (Wildman–Crippen MR) is 82.1 cm³/mol. The van der Waals surface area contributed by atoms with Gasteiger partial charge in [-0.2, -0.15) is 0 Å². The smallest absolute Gasteiger partial charge is 0.334 e. The van der Waals surface area contributed by atoms with Crippen molar-refractivity contribution < 1.29 is 19.2 Å². The first-order valence-electron chi connectivity index (χ1n) is 7.43. The maximum Gasteiger partial charge on any atom is 0.334 e. The van der Waals surface area contributed by atoms with Gasteiger partial charge in [0, 0.05) is 7.05 Å². The molecule has 1 aromatic carbocycles. The number of hydrogen-bond donors (Lipinski definition) is 1. The van der Waals surface area contributed by atoms with Gasteiger partial charge in [-0.25, -0.2) is 9.69 Å². The van der Waals surface area contributed by atoms with Gasteiger partial charge in [-0.3, -0.25) is 19.3 Å². The predicted octanol–water partition coefficient (Wildman–Crippen LogP) is 1.06. The van der Waals surface area contributed by atoms with E-state index in [-0.39, 0.29) is 6.04 Å². The summed E-state index contributed by atoms with van der Waals surface area (Å²) in [4.78, 5) is 48.4. The van der Waals surface area contributed by atoms with Crippen LogP contribution in [-0.4, -0.2) is 47.1 Å². The lowest BCUT2D eigenvalue weighted by Gasteiger charge is -2.20. The SMILES string of the molecule is CCC[C@H](NC(=O)CN1C(=O)C(=O)N(C)C1=O)c1ccccc1. The van der Waals surface area contributed by atoms with Crippen molar-refractivity contribution >= 4 is 23.8 Å². The summed E-state index contributed by atoms with van der Waals surface area (Å²) < 4.78 is 0. The Bertz CT molecular complexity index is 629. The zero-order valence-electron chi connectivity index (χ0n) is 13.1. The number of rotatable bonds is 6. The number of carbonyl (C=O) groups is 4. The molecule has 1 N–H and O–H groups in total. The quantitative estimate of drug-likeness (QED) is 0.628. The molecule has 1 aliphatic heterocycles. The maximum absolute atomic E-state index is 12.2. The fourth-order valence-electron chi connectivity index (χ4n) is 2.43. The Balaban J connectivity index is 2.04. The number of likely N-dealkylation sites (N-methyl/N-ethyl adjacent to an activating group) is 1. The highest BCUT2D eigenvalue weighted by Gasteiger charge is 2.43. The number of benzene rings is 1. The van der Waals surface area contributed by atoms with Crippen LogP contribution in [0.1, 0.15) is 31.4 Å². The summed E-state index contributed by atoms with van der Waals surface area (Å²) >= 11 is 0. The van der Waals surface area contributed by atoms with Gasteiger partial charge in [-0.1, -0.05) is 43.7 Å². The molecule has 1 aliphatic rings. The highest BCUT2D eigenvalue weighted by Crippen LogP contribution is 2.18. The summed E-state index contributed by atoms with van der Waals surface area (Å²) in [5.74, 6) is -2.37. The molecule has 23 heavy (non-hydrogen) atoms. The first kappa shape index (κ1) is 16.7. The van der Waals surface area contributed by atoms with Crippen LogP contribution in [0, 0.1) is 0 Å². The third-order valence-electron chi connectivity index (χ3n) is 3.67. The van der Waals surface area contributed by atoms with E-state index in [1.807, 2.05) is 37.3 Å². The van der Waals surface area contributed by atoms with Crippen LogP contribution in [-0.2, 0) is 14.4 Å². The number of hydrogen-bond acceptors (Lipinski definition) is 4. The van der Waals surface area contributed by atoms with E-state index < -0.39 is 30.3 Å². The second kappa shape index (κ2) is 7.04. The number of nitrogens with one attached hydrogen (secondary N) is 1. The summed E-state index contributed by atoms with van der Waals surface area (Å²) in [5.41, 5.74) is 0.954. The van der Waals surface area contributed by atoms with Crippen LogP contribution in [0.5, 0.6) is 0 Å². The van der Waals surface area contributed by atoms with Gasteiger partial charge in [0.2, 0.25) is 5.91 Å². The zero-order valence-corrected chi connectivity index (χ0v) is 13.1. The van der Waals surface area contributed by atoms with E-state index >= 15 is 0 Å². The average molecular weight is 317 g/mol. The second-order valence-corrected chi connectivity index (χ2v) is 5.36. The summed E-state index contributed by atoms with van der Waals surface area (Å²) in [6.07, 6.45) is 1.60. The van der Waals surface area contributed by atoms with Crippen molar-refractivity contribution in [2.24, 2.45) is 0 Å². The molecule has 0 unspecified atom stereocenters. The minimum absolute atomic E-state index is 0.199. The van der Waals surface area contributed by atoms with Crippen LogP contribution in [0.3, 0.4) is 0 Å². The van der Waals surface area contributed by atoms with Gasteiger partial charge in [0.05, 0.1) is 6.04 Å². The monoisotopic (exact) mass is 317 g/mol. The number of nitrogens with zero attached hydrogens (tertiary/aromatic N) is 2. The molecule has 0 bridgehead atoms. The van der Waals surface area contributed by atoms with Crippen molar-refractivity contribution in [3.63, 3.8) is 0 Å². The third-order valence-corrected chi connectivity index (χ3v) is 3.67. The lowest BCUT2D eigenvalue weighted by atomic mass is 10.0. The molecule has 0 saturated carbocycles. The number of urea groups is 1. The molecule has 1 heterocycles. The molecule has 1 saturated heterocycles. The Hall–Kier alpha value is -2.70. The molecule has 5 amide bonds. The summed E-state index contributed by atoms with van der Waals surface area (Å²) in [5, 5.41) is 2.82. The number of carbonyl (C=O) groups excluding carboxylic acids is 4. The van der Waals surface area contributed by atoms with Crippen molar-refractivity contribution in [3.05, 3.63) is 35.9 Å². The first-order chi connectivity index (χ1) is 11.0. The zero-order chi connectivity index (χ0) is 17.0. The second-order valence-electron chi connectivity index (χ2n) is 5.36. The molecular weight excluding hydrogens is 298 g/mol. The molecule has 122 valence electrons. The first-order valence-corrected chi connectivity index (χ1v) is 7.43. The van der Waals surface area contributed by atoms with E-state index in [0.717, 1.165) is 18.4 Å². The standard InChI is InChI=1S/C16H19N3O4/c1-3-7-12(11-8-5-4-6-9-11)17-13(20)10-19-15(22)14(21)18(2)16(19)23/h4-6,8-9,12H,3,7,10H2,1-2H3,(H,17,20)/t12-/m0/s1.